The van der Waals surface area contributed by atoms with Crippen LogP contribution in [0.3, 0.4) is 0 Å². The van der Waals surface area contributed by atoms with E-state index in [1.807, 2.05) is 0 Å². The Hall–Kier alpha value is -1.89. The lowest BCUT2D eigenvalue weighted by Crippen LogP contribution is -2.42. The summed E-state index contributed by atoms with van der Waals surface area (Å²) in [5, 5.41) is 2.62. The summed E-state index contributed by atoms with van der Waals surface area (Å²) >= 11 is 0. The van der Waals surface area contributed by atoms with Crippen LogP contribution in [0.15, 0.2) is 12.7 Å². The van der Waals surface area contributed by atoms with E-state index in [2.05, 4.69) is 11.9 Å². The van der Waals surface area contributed by atoms with E-state index in [1.54, 1.807) is 31.7 Å². The SMILES string of the molecule is C=CCN(CCN1C(=O)NC(C)(C)C1=O)CC(=O)OCC. The lowest BCUT2D eigenvalue weighted by atomic mass is 10.1. The minimum atomic E-state index is -0.874. The molecule has 7 heteroatoms. The van der Waals surface area contributed by atoms with Gasteiger partial charge in [0.15, 0.2) is 0 Å². The minimum Gasteiger partial charge on any atom is -0.465 e. The van der Waals surface area contributed by atoms with Crippen molar-refractivity contribution in [3.05, 3.63) is 12.7 Å². The number of imide groups is 1. The number of amides is 3. The zero-order valence-electron chi connectivity index (χ0n) is 12.8. The van der Waals surface area contributed by atoms with Crippen LogP contribution in [0.25, 0.3) is 0 Å². The molecule has 0 aromatic carbocycles. The van der Waals surface area contributed by atoms with E-state index in [9.17, 15) is 14.4 Å². The number of carbonyl (C=O) groups is 3. The van der Waals surface area contributed by atoms with Crippen molar-refractivity contribution >= 4 is 17.9 Å². The van der Waals surface area contributed by atoms with Crippen LogP contribution in [0.4, 0.5) is 4.79 Å². The Morgan fingerprint density at radius 1 is 1.48 bits per heavy atom. The van der Waals surface area contributed by atoms with Gasteiger partial charge in [-0.2, -0.15) is 0 Å². The Balaban J connectivity index is 2.57. The number of hydrogen-bond donors (Lipinski definition) is 1. The van der Waals surface area contributed by atoms with E-state index >= 15 is 0 Å². The molecule has 0 radical (unpaired) electrons. The van der Waals surface area contributed by atoms with Crippen LogP contribution in [0.2, 0.25) is 0 Å². The summed E-state index contributed by atoms with van der Waals surface area (Å²) in [6, 6.07) is -0.403. The summed E-state index contributed by atoms with van der Waals surface area (Å²) < 4.78 is 4.89. The maximum atomic E-state index is 12.0. The fourth-order valence-corrected chi connectivity index (χ4v) is 2.07. The predicted octanol–water partition coefficient (Wildman–Crippen LogP) is 0.368. The molecule has 1 aliphatic heterocycles. The molecule has 1 rings (SSSR count). The van der Waals surface area contributed by atoms with Gasteiger partial charge in [0.2, 0.25) is 0 Å². The third kappa shape index (κ3) is 4.56. The Labute approximate surface area is 124 Å². The second-order valence-electron chi connectivity index (χ2n) is 5.34. The van der Waals surface area contributed by atoms with Gasteiger partial charge in [-0.05, 0) is 20.8 Å². The van der Waals surface area contributed by atoms with Crippen molar-refractivity contribution < 1.29 is 19.1 Å². The van der Waals surface area contributed by atoms with Crippen molar-refractivity contribution in [3.8, 4) is 0 Å². The summed E-state index contributed by atoms with van der Waals surface area (Å²) in [4.78, 5) is 38.2. The number of rotatable bonds is 8. The van der Waals surface area contributed by atoms with Crippen molar-refractivity contribution in [2.75, 3.05) is 32.8 Å². The summed E-state index contributed by atoms with van der Waals surface area (Å²) in [6.45, 7) is 10.2. The molecule has 118 valence electrons. The number of nitrogens with one attached hydrogen (secondary N) is 1. The van der Waals surface area contributed by atoms with Crippen molar-refractivity contribution in [2.24, 2.45) is 0 Å². The van der Waals surface area contributed by atoms with Gasteiger partial charge in [-0.15, -0.1) is 6.58 Å². The van der Waals surface area contributed by atoms with E-state index in [0.29, 0.717) is 19.7 Å². The van der Waals surface area contributed by atoms with Crippen LogP contribution in [0, 0.1) is 0 Å². The molecule has 1 heterocycles. The molecule has 1 aliphatic rings. The standard InChI is InChI=1S/C14H23N3O4/c1-5-7-16(10-11(18)21-6-2)8-9-17-12(19)14(3,4)15-13(17)20/h5H,1,6-10H2,2-4H3,(H,15,20). The highest BCUT2D eigenvalue weighted by Gasteiger charge is 2.43. The largest absolute Gasteiger partial charge is 0.465 e. The first kappa shape index (κ1) is 17.2. The molecular weight excluding hydrogens is 274 g/mol. The topological polar surface area (TPSA) is 79.0 Å². The number of esters is 1. The highest BCUT2D eigenvalue weighted by Crippen LogP contribution is 2.16. The highest BCUT2D eigenvalue weighted by molar-refractivity contribution is 6.06. The van der Waals surface area contributed by atoms with E-state index in [-0.39, 0.29) is 25.0 Å². The van der Waals surface area contributed by atoms with Gasteiger partial charge in [0, 0.05) is 19.6 Å². The number of nitrogens with zero attached hydrogens (tertiary/aromatic N) is 2. The third-order valence-electron chi connectivity index (χ3n) is 3.13. The van der Waals surface area contributed by atoms with Gasteiger partial charge in [0.25, 0.3) is 5.91 Å². The van der Waals surface area contributed by atoms with Crippen molar-refractivity contribution in [3.63, 3.8) is 0 Å². The van der Waals surface area contributed by atoms with E-state index in [4.69, 9.17) is 4.74 Å². The fraction of sp³-hybridized carbons (Fsp3) is 0.643. The molecule has 0 bridgehead atoms. The quantitative estimate of drug-likeness (QED) is 0.398. The van der Waals surface area contributed by atoms with Gasteiger partial charge < -0.3 is 10.1 Å². The molecule has 1 fully saturated rings. The molecule has 0 aromatic rings. The van der Waals surface area contributed by atoms with Crippen molar-refractivity contribution in [1.29, 1.82) is 0 Å². The smallest absolute Gasteiger partial charge is 0.325 e. The summed E-state index contributed by atoms with van der Waals surface area (Å²) in [7, 11) is 0. The van der Waals surface area contributed by atoms with Gasteiger partial charge in [0.05, 0.1) is 13.2 Å². The molecule has 1 N–H and O–H groups in total. The van der Waals surface area contributed by atoms with Gasteiger partial charge in [0.1, 0.15) is 5.54 Å². The Morgan fingerprint density at radius 2 is 2.14 bits per heavy atom. The molecule has 0 saturated carbocycles. The maximum Gasteiger partial charge on any atom is 0.325 e. The fourth-order valence-electron chi connectivity index (χ4n) is 2.07. The number of carbonyl (C=O) groups excluding carboxylic acids is 3. The molecule has 1 saturated heterocycles. The van der Waals surface area contributed by atoms with E-state index < -0.39 is 11.6 Å². The molecule has 0 aromatic heterocycles. The highest BCUT2D eigenvalue weighted by atomic mass is 16.5. The summed E-state index contributed by atoms with van der Waals surface area (Å²) in [6.07, 6.45) is 1.66. The van der Waals surface area contributed by atoms with Crippen LogP contribution >= 0.6 is 0 Å². The Bertz CT molecular complexity index is 434. The van der Waals surface area contributed by atoms with Crippen LogP contribution in [0.5, 0.6) is 0 Å². The molecule has 0 atom stereocenters. The summed E-state index contributed by atoms with van der Waals surface area (Å²) in [5.41, 5.74) is -0.874. The monoisotopic (exact) mass is 297 g/mol. The average Bonchev–Trinajstić information content (AvgIpc) is 2.57. The molecule has 21 heavy (non-hydrogen) atoms. The molecular formula is C14H23N3O4. The third-order valence-corrected chi connectivity index (χ3v) is 3.13. The van der Waals surface area contributed by atoms with Crippen molar-refractivity contribution in [1.82, 2.24) is 15.1 Å². The number of urea groups is 1. The zero-order chi connectivity index (χ0) is 16.0. The first-order valence-corrected chi connectivity index (χ1v) is 6.94. The second kappa shape index (κ2) is 7.21. The normalized spacial score (nSPS) is 17.0. The Kier molecular flexibility index (Phi) is 5.90. The lowest BCUT2D eigenvalue weighted by molar-refractivity contribution is -0.144. The van der Waals surface area contributed by atoms with E-state index in [1.165, 1.54) is 4.90 Å². The number of ether oxygens (including phenoxy) is 1. The zero-order valence-corrected chi connectivity index (χ0v) is 12.8. The predicted molar refractivity (Wildman–Crippen MR) is 77.6 cm³/mol. The Morgan fingerprint density at radius 3 is 2.62 bits per heavy atom. The van der Waals surface area contributed by atoms with Gasteiger partial charge in [-0.25, -0.2) is 4.79 Å². The van der Waals surface area contributed by atoms with Crippen LogP contribution in [-0.2, 0) is 14.3 Å². The van der Waals surface area contributed by atoms with Crippen LogP contribution in [0.1, 0.15) is 20.8 Å². The van der Waals surface area contributed by atoms with Gasteiger partial charge in [-0.1, -0.05) is 6.08 Å². The molecule has 0 spiro atoms. The number of hydrogen-bond acceptors (Lipinski definition) is 5. The molecule has 0 unspecified atom stereocenters. The van der Waals surface area contributed by atoms with Crippen LogP contribution < -0.4 is 5.32 Å². The first-order valence-electron chi connectivity index (χ1n) is 6.94. The lowest BCUT2D eigenvalue weighted by Gasteiger charge is -2.22. The van der Waals surface area contributed by atoms with Crippen molar-refractivity contribution in [2.45, 2.75) is 26.3 Å². The second-order valence-corrected chi connectivity index (χ2v) is 5.34. The summed E-state index contributed by atoms with van der Waals surface area (Å²) in [5.74, 6) is -0.598. The maximum absolute atomic E-state index is 12.0. The first-order chi connectivity index (χ1) is 9.81. The van der Waals surface area contributed by atoms with E-state index in [0.717, 1.165) is 0 Å². The molecule has 3 amide bonds. The van der Waals surface area contributed by atoms with Gasteiger partial charge >= 0.3 is 12.0 Å². The van der Waals surface area contributed by atoms with Gasteiger partial charge in [-0.3, -0.25) is 19.4 Å². The average molecular weight is 297 g/mol. The molecule has 7 nitrogen and oxygen atoms in total. The van der Waals surface area contributed by atoms with Crippen LogP contribution in [-0.4, -0.2) is 66.0 Å². The minimum absolute atomic E-state index is 0.104. The molecule has 0 aliphatic carbocycles.